The Balaban J connectivity index is 1.91. The second kappa shape index (κ2) is 6.39. The number of hydrogen-bond acceptors (Lipinski definition) is 4. The molecule has 1 aromatic rings. The van der Waals surface area contributed by atoms with E-state index in [0.717, 1.165) is 25.7 Å². The first-order valence-corrected chi connectivity index (χ1v) is 7.79. The van der Waals surface area contributed by atoms with Crippen molar-refractivity contribution in [3.8, 4) is 0 Å². The fraction of sp³-hybridized carbons (Fsp3) is 0.562. The molecule has 3 rings (SSSR count). The van der Waals surface area contributed by atoms with E-state index in [2.05, 4.69) is 10.3 Å². The molecule has 1 aliphatic carbocycles. The Hall–Kier alpha value is -1.76. The summed E-state index contributed by atoms with van der Waals surface area (Å²) in [4.78, 5) is 3.78. The predicted octanol–water partition coefficient (Wildman–Crippen LogP) is 3.24. The molecular formula is C16H20F3N3O. The maximum atomic E-state index is 14.2. The summed E-state index contributed by atoms with van der Waals surface area (Å²) in [5.74, 6) is -4.08. The lowest BCUT2D eigenvalue weighted by molar-refractivity contribution is -0.0831. The van der Waals surface area contributed by atoms with Crippen molar-refractivity contribution in [3.05, 3.63) is 29.6 Å². The summed E-state index contributed by atoms with van der Waals surface area (Å²) in [6.45, 7) is -1.00. The molecule has 0 bridgehead atoms. The van der Waals surface area contributed by atoms with Crippen molar-refractivity contribution in [1.29, 1.82) is 0 Å². The lowest BCUT2D eigenvalue weighted by Crippen LogP contribution is -2.30. The summed E-state index contributed by atoms with van der Waals surface area (Å²) in [6.07, 6.45) is 4.35. The average Bonchev–Trinajstić information content (AvgIpc) is 2.95. The fourth-order valence-corrected chi connectivity index (χ4v) is 3.11. The smallest absolute Gasteiger partial charge is 0.297 e. The van der Waals surface area contributed by atoms with Crippen LogP contribution >= 0.6 is 0 Å². The highest BCUT2D eigenvalue weighted by Gasteiger charge is 2.44. The van der Waals surface area contributed by atoms with Gasteiger partial charge in [-0.15, -0.1) is 0 Å². The lowest BCUT2D eigenvalue weighted by Gasteiger charge is -2.23. The van der Waals surface area contributed by atoms with Gasteiger partial charge in [0.05, 0.1) is 0 Å². The number of amidine groups is 1. The average molecular weight is 327 g/mol. The van der Waals surface area contributed by atoms with E-state index < -0.39 is 24.4 Å². The van der Waals surface area contributed by atoms with E-state index in [1.807, 2.05) is 0 Å². The molecule has 2 aliphatic rings. The normalized spacial score (nSPS) is 25.0. The van der Waals surface area contributed by atoms with Crippen LogP contribution in [0, 0.1) is 5.82 Å². The molecule has 0 aromatic heterocycles. The molecule has 1 aliphatic heterocycles. The zero-order valence-electron chi connectivity index (χ0n) is 12.7. The van der Waals surface area contributed by atoms with E-state index in [1.165, 1.54) is 12.1 Å². The number of benzene rings is 1. The van der Waals surface area contributed by atoms with Crippen LogP contribution < -0.4 is 11.1 Å². The Bertz CT molecular complexity index is 600. The minimum absolute atomic E-state index is 0.0549. The quantitative estimate of drug-likeness (QED) is 0.896. The standard InChI is InChI=1S/C16H20F3N3O/c17-13-6-5-11(21-10-3-1-2-4-10)7-12(13)15-16(18,19)9-23-8-14(20)22-15/h5-7,10,15,21H,1-4,8-9H2,(H2,20,22). The van der Waals surface area contributed by atoms with Crippen LogP contribution in [0.4, 0.5) is 18.9 Å². The third-order valence-corrected chi connectivity index (χ3v) is 4.26. The SMILES string of the molecule is NC1=NC(c2cc(NC3CCCC3)ccc2F)C(F)(F)COC1. The van der Waals surface area contributed by atoms with Crippen LogP contribution in [-0.4, -0.2) is 31.0 Å². The van der Waals surface area contributed by atoms with E-state index in [1.54, 1.807) is 6.07 Å². The van der Waals surface area contributed by atoms with E-state index in [0.29, 0.717) is 11.7 Å². The number of anilines is 1. The molecular weight excluding hydrogens is 307 g/mol. The minimum Gasteiger partial charge on any atom is -0.386 e. The Labute approximate surface area is 132 Å². The van der Waals surface area contributed by atoms with Crippen LogP contribution in [0.5, 0.6) is 0 Å². The van der Waals surface area contributed by atoms with Gasteiger partial charge in [0.1, 0.15) is 30.9 Å². The van der Waals surface area contributed by atoms with Crippen molar-refractivity contribution in [2.45, 2.75) is 43.7 Å². The molecule has 7 heteroatoms. The number of hydrogen-bond donors (Lipinski definition) is 2. The van der Waals surface area contributed by atoms with Crippen LogP contribution in [0.25, 0.3) is 0 Å². The number of nitrogens with one attached hydrogen (secondary N) is 1. The number of aliphatic imine (C=N–C) groups is 1. The van der Waals surface area contributed by atoms with Crippen molar-refractivity contribution >= 4 is 11.5 Å². The first kappa shape index (κ1) is 16.1. The van der Waals surface area contributed by atoms with Gasteiger partial charge < -0.3 is 15.8 Å². The van der Waals surface area contributed by atoms with Gasteiger partial charge >= 0.3 is 0 Å². The van der Waals surface area contributed by atoms with Gasteiger partial charge in [0.25, 0.3) is 5.92 Å². The number of nitrogens with zero attached hydrogens (tertiary/aromatic N) is 1. The van der Waals surface area contributed by atoms with Gasteiger partial charge in [0.2, 0.25) is 0 Å². The molecule has 1 aromatic carbocycles. The van der Waals surface area contributed by atoms with Gasteiger partial charge in [-0.1, -0.05) is 12.8 Å². The molecule has 1 fully saturated rings. The van der Waals surface area contributed by atoms with Gasteiger partial charge in [-0.05, 0) is 31.0 Å². The van der Waals surface area contributed by atoms with Gasteiger partial charge in [-0.25, -0.2) is 13.2 Å². The number of rotatable bonds is 3. The van der Waals surface area contributed by atoms with Gasteiger partial charge in [-0.2, -0.15) is 0 Å². The molecule has 0 spiro atoms. The maximum absolute atomic E-state index is 14.2. The lowest BCUT2D eigenvalue weighted by atomic mass is 10.00. The van der Waals surface area contributed by atoms with E-state index in [9.17, 15) is 13.2 Å². The van der Waals surface area contributed by atoms with Gasteiger partial charge in [-0.3, -0.25) is 4.99 Å². The van der Waals surface area contributed by atoms with Crippen molar-refractivity contribution < 1.29 is 17.9 Å². The zero-order valence-corrected chi connectivity index (χ0v) is 12.7. The molecule has 1 unspecified atom stereocenters. The largest absolute Gasteiger partial charge is 0.386 e. The first-order chi connectivity index (χ1) is 11.0. The van der Waals surface area contributed by atoms with E-state index in [-0.39, 0.29) is 18.0 Å². The Morgan fingerprint density at radius 2 is 2.00 bits per heavy atom. The summed E-state index contributed by atoms with van der Waals surface area (Å²) in [5, 5.41) is 3.28. The summed E-state index contributed by atoms with van der Waals surface area (Å²) in [7, 11) is 0. The van der Waals surface area contributed by atoms with Crippen LogP contribution in [-0.2, 0) is 4.74 Å². The topological polar surface area (TPSA) is 59.6 Å². The minimum atomic E-state index is -3.31. The number of halogens is 3. The van der Waals surface area contributed by atoms with Crippen LogP contribution in [0.2, 0.25) is 0 Å². The van der Waals surface area contributed by atoms with Crippen molar-refractivity contribution in [2.24, 2.45) is 10.7 Å². The molecule has 126 valence electrons. The predicted molar refractivity (Wildman–Crippen MR) is 82.4 cm³/mol. The molecule has 0 amide bonds. The van der Waals surface area contributed by atoms with Crippen LogP contribution in [0.3, 0.4) is 0 Å². The second-order valence-electron chi connectivity index (χ2n) is 6.14. The van der Waals surface area contributed by atoms with Gasteiger partial charge in [0, 0.05) is 17.3 Å². The molecule has 1 saturated carbocycles. The molecule has 23 heavy (non-hydrogen) atoms. The molecule has 0 radical (unpaired) electrons. The Morgan fingerprint density at radius 3 is 2.74 bits per heavy atom. The van der Waals surface area contributed by atoms with Gasteiger partial charge in [0.15, 0.2) is 0 Å². The molecule has 3 N–H and O–H groups in total. The number of ether oxygens (including phenoxy) is 1. The highest BCUT2D eigenvalue weighted by Crippen LogP contribution is 2.38. The van der Waals surface area contributed by atoms with Crippen molar-refractivity contribution in [1.82, 2.24) is 0 Å². The van der Waals surface area contributed by atoms with Crippen LogP contribution in [0.1, 0.15) is 37.3 Å². The first-order valence-electron chi connectivity index (χ1n) is 7.79. The number of nitrogens with two attached hydrogens (primary N) is 1. The van der Waals surface area contributed by atoms with E-state index in [4.69, 9.17) is 10.5 Å². The third-order valence-electron chi connectivity index (χ3n) is 4.26. The highest BCUT2D eigenvalue weighted by molar-refractivity contribution is 5.82. The summed E-state index contributed by atoms with van der Waals surface area (Å²) in [6, 6.07) is 2.81. The fourth-order valence-electron chi connectivity index (χ4n) is 3.11. The maximum Gasteiger partial charge on any atom is 0.297 e. The van der Waals surface area contributed by atoms with E-state index >= 15 is 0 Å². The molecule has 1 heterocycles. The highest BCUT2D eigenvalue weighted by atomic mass is 19.3. The molecule has 1 atom stereocenters. The Morgan fingerprint density at radius 1 is 1.26 bits per heavy atom. The monoisotopic (exact) mass is 327 g/mol. The third kappa shape index (κ3) is 3.60. The Kier molecular flexibility index (Phi) is 4.48. The van der Waals surface area contributed by atoms with Crippen molar-refractivity contribution in [2.75, 3.05) is 18.5 Å². The molecule has 0 saturated heterocycles. The summed E-state index contributed by atoms with van der Waals surface area (Å²) in [5.41, 5.74) is 6.02. The second-order valence-corrected chi connectivity index (χ2v) is 6.14. The summed E-state index contributed by atoms with van der Waals surface area (Å²) >= 11 is 0. The molecule has 4 nitrogen and oxygen atoms in total. The number of alkyl halides is 2. The van der Waals surface area contributed by atoms with Crippen molar-refractivity contribution in [3.63, 3.8) is 0 Å². The summed E-state index contributed by atoms with van der Waals surface area (Å²) < 4.78 is 47.4. The zero-order chi connectivity index (χ0) is 16.4. The van der Waals surface area contributed by atoms with Crippen LogP contribution in [0.15, 0.2) is 23.2 Å².